The van der Waals surface area contributed by atoms with E-state index in [-0.39, 0.29) is 5.78 Å². The fourth-order valence-electron chi connectivity index (χ4n) is 1.92. The van der Waals surface area contributed by atoms with Crippen LogP contribution in [-0.4, -0.2) is 18.3 Å². The average Bonchev–Trinajstić information content (AvgIpc) is 2.73. The maximum atomic E-state index is 12.3. The number of halogens is 1. The Morgan fingerprint density at radius 1 is 1.32 bits per heavy atom. The van der Waals surface area contributed by atoms with Gasteiger partial charge in [0, 0.05) is 5.88 Å². The molecule has 0 fully saturated rings. The first-order valence-corrected chi connectivity index (χ1v) is 6.90. The number of fused-ring (bicyclic) bond motifs is 1. The van der Waals surface area contributed by atoms with Crippen LogP contribution in [0, 0.1) is 0 Å². The highest BCUT2D eigenvalue weighted by Gasteiger charge is 2.31. The third-order valence-electron chi connectivity index (χ3n) is 2.87. The van der Waals surface area contributed by atoms with E-state index in [1.165, 1.54) is 0 Å². The summed E-state index contributed by atoms with van der Waals surface area (Å²) in [7, 11) is 0. The maximum absolute atomic E-state index is 12.3. The Kier molecular flexibility index (Phi) is 4.48. The second kappa shape index (κ2) is 6.11. The third-order valence-corrected chi connectivity index (χ3v) is 3.14. The van der Waals surface area contributed by atoms with Crippen molar-refractivity contribution in [3.8, 4) is 11.5 Å². The fraction of sp³-hybridized carbons (Fsp3) is 0.400. The number of allylic oxidation sites excluding steroid dienone is 2. The minimum Gasteiger partial charge on any atom is -0.493 e. The van der Waals surface area contributed by atoms with E-state index in [1.54, 1.807) is 12.1 Å². The van der Waals surface area contributed by atoms with E-state index in [9.17, 15) is 4.79 Å². The van der Waals surface area contributed by atoms with Gasteiger partial charge in [0.2, 0.25) is 5.78 Å². The number of hydrogen-bond donors (Lipinski definition) is 0. The molecule has 19 heavy (non-hydrogen) atoms. The summed E-state index contributed by atoms with van der Waals surface area (Å²) in [5, 5.41) is 0. The van der Waals surface area contributed by atoms with Gasteiger partial charge in [-0.3, -0.25) is 4.79 Å². The van der Waals surface area contributed by atoms with Crippen molar-refractivity contribution in [2.24, 2.45) is 0 Å². The van der Waals surface area contributed by atoms with E-state index >= 15 is 0 Å². The van der Waals surface area contributed by atoms with Crippen molar-refractivity contribution in [1.29, 1.82) is 0 Å². The molecule has 102 valence electrons. The molecule has 1 aromatic rings. The van der Waals surface area contributed by atoms with E-state index < -0.39 is 0 Å². The van der Waals surface area contributed by atoms with Crippen molar-refractivity contribution < 1.29 is 14.3 Å². The standard InChI is InChI=1S/C15H17ClO3/c1-10(2)15-14(17)13-11(18-9-4-3-8-16)6-5-7-12(13)19-15/h5-7H,3-4,8-9H2,1-2H3. The molecule has 0 amide bonds. The predicted molar refractivity (Wildman–Crippen MR) is 75.2 cm³/mol. The van der Waals surface area contributed by atoms with Crippen LogP contribution >= 0.6 is 11.6 Å². The van der Waals surface area contributed by atoms with E-state index in [0.717, 1.165) is 18.4 Å². The molecule has 0 bridgehead atoms. The lowest BCUT2D eigenvalue weighted by molar-refractivity contribution is 0.101. The Bertz CT molecular complexity index is 516. The molecule has 2 rings (SSSR count). The number of ether oxygens (including phenoxy) is 2. The molecule has 3 nitrogen and oxygen atoms in total. The number of alkyl halides is 1. The molecular weight excluding hydrogens is 264 g/mol. The van der Waals surface area contributed by atoms with Crippen LogP contribution in [0.4, 0.5) is 0 Å². The summed E-state index contributed by atoms with van der Waals surface area (Å²) in [5.74, 6) is 2.11. The Morgan fingerprint density at radius 3 is 2.79 bits per heavy atom. The van der Waals surface area contributed by atoms with Gasteiger partial charge in [0.25, 0.3) is 0 Å². The number of carbonyl (C=O) groups excluding carboxylic acids is 1. The van der Waals surface area contributed by atoms with Crippen molar-refractivity contribution in [2.75, 3.05) is 12.5 Å². The van der Waals surface area contributed by atoms with Gasteiger partial charge in [-0.1, -0.05) is 6.07 Å². The molecule has 0 aromatic heterocycles. The van der Waals surface area contributed by atoms with Crippen molar-refractivity contribution >= 4 is 17.4 Å². The quantitative estimate of drug-likeness (QED) is 0.465. The minimum absolute atomic E-state index is 0.0945. The van der Waals surface area contributed by atoms with Crippen LogP contribution in [0.1, 0.15) is 37.0 Å². The highest BCUT2D eigenvalue weighted by atomic mass is 35.5. The van der Waals surface area contributed by atoms with Crippen molar-refractivity contribution in [3.05, 3.63) is 35.1 Å². The lowest BCUT2D eigenvalue weighted by Gasteiger charge is -2.07. The molecule has 1 aromatic carbocycles. The molecule has 0 saturated heterocycles. The zero-order valence-electron chi connectivity index (χ0n) is 11.2. The van der Waals surface area contributed by atoms with Gasteiger partial charge < -0.3 is 9.47 Å². The van der Waals surface area contributed by atoms with Crippen LogP contribution in [0.15, 0.2) is 29.5 Å². The van der Waals surface area contributed by atoms with Gasteiger partial charge in [-0.15, -0.1) is 11.6 Å². The van der Waals surface area contributed by atoms with Gasteiger partial charge in [0.05, 0.1) is 6.61 Å². The van der Waals surface area contributed by atoms with E-state index in [4.69, 9.17) is 21.1 Å². The summed E-state index contributed by atoms with van der Waals surface area (Å²) in [5.41, 5.74) is 1.40. The molecule has 1 aliphatic heterocycles. The summed E-state index contributed by atoms with van der Waals surface area (Å²) in [6.45, 7) is 4.28. The normalized spacial score (nSPS) is 13.2. The van der Waals surface area contributed by atoms with Crippen LogP contribution in [-0.2, 0) is 0 Å². The average molecular weight is 281 g/mol. The number of ketones is 1. The maximum Gasteiger partial charge on any atom is 0.235 e. The molecule has 1 aliphatic rings. The number of Topliss-reactive ketones (excluding diaryl/α,β-unsaturated/α-hetero) is 1. The molecule has 0 N–H and O–H groups in total. The van der Waals surface area contributed by atoms with E-state index in [0.29, 0.717) is 35.3 Å². The van der Waals surface area contributed by atoms with Gasteiger partial charge in [0.1, 0.15) is 17.1 Å². The molecule has 0 saturated carbocycles. The van der Waals surface area contributed by atoms with Gasteiger partial charge in [-0.2, -0.15) is 0 Å². The molecule has 0 spiro atoms. The summed E-state index contributed by atoms with van der Waals surface area (Å²) in [6.07, 6.45) is 1.78. The molecule has 0 radical (unpaired) electrons. The highest BCUT2D eigenvalue weighted by molar-refractivity contribution is 6.17. The molecule has 4 heteroatoms. The Morgan fingerprint density at radius 2 is 2.11 bits per heavy atom. The highest BCUT2D eigenvalue weighted by Crippen LogP contribution is 2.38. The Labute approximate surface area is 118 Å². The first kappa shape index (κ1) is 13.9. The SMILES string of the molecule is CC(C)=C1Oc2cccc(OCCCCCl)c2C1=O. The van der Waals surface area contributed by atoms with Crippen molar-refractivity contribution in [1.82, 2.24) is 0 Å². The lowest BCUT2D eigenvalue weighted by atomic mass is 10.1. The van der Waals surface area contributed by atoms with Crippen LogP contribution in [0.3, 0.4) is 0 Å². The number of carbonyl (C=O) groups is 1. The zero-order chi connectivity index (χ0) is 13.8. The summed E-state index contributed by atoms with van der Waals surface area (Å²) in [6, 6.07) is 5.42. The van der Waals surface area contributed by atoms with Gasteiger partial charge in [-0.05, 0) is 44.4 Å². The molecule has 0 aliphatic carbocycles. The summed E-state index contributed by atoms with van der Waals surface area (Å²) >= 11 is 5.62. The van der Waals surface area contributed by atoms with Crippen LogP contribution in [0.5, 0.6) is 11.5 Å². The van der Waals surface area contributed by atoms with Crippen LogP contribution < -0.4 is 9.47 Å². The molecule has 0 unspecified atom stereocenters. The predicted octanol–water partition coefficient (Wildman–Crippen LogP) is 3.95. The first-order chi connectivity index (χ1) is 9.15. The first-order valence-electron chi connectivity index (χ1n) is 6.37. The van der Waals surface area contributed by atoms with Crippen LogP contribution in [0.25, 0.3) is 0 Å². The van der Waals surface area contributed by atoms with Gasteiger partial charge in [-0.25, -0.2) is 0 Å². The zero-order valence-corrected chi connectivity index (χ0v) is 11.9. The number of unbranched alkanes of at least 4 members (excludes halogenated alkanes) is 1. The van der Waals surface area contributed by atoms with E-state index in [2.05, 4.69) is 0 Å². The van der Waals surface area contributed by atoms with Gasteiger partial charge in [0.15, 0.2) is 5.76 Å². The molecule has 1 heterocycles. The second-order valence-electron chi connectivity index (χ2n) is 4.63. The largest absolute Gasteiger partial charge is 0.493 e. The number of rotatable bonds is 5. The molecular formula is C15H17ClO3. The second-order valence-corrected chi connectivity index (χ2v) is 5.01. The van der Waals surface area contributed by atoms with Crippen molar-refractivity contribution in [2.45, 2.75) is 26.7 Å². The fourth-order valence-corrected chi connectivity index (χ4v) is 2.11. The summed E-state index contributed by atoms with van der Waals surface area (Å²) in [4.78, 5) is 12.3. The van der Waals surface area contributed by atoms with Gasteiger partial charge >= 0.3 is 0 Å². The lowest BCUT2D eigenvalue weighted by Crippen LogP contribution is -2.04. The number of benzene rings is 1. The topological polar surface area (TPSA) is 35.5 Å². The molecule has 0 atom stereocenters. The smallest absolute Gasteiger partial charge is 0.235 e. The number of hydrogen-bond acceptors (Lipinski definition) is 3. The van der Waals surface area contributed by atoms with Crippen LogP contribution in [0.2, 0.25) is 0 Å². The Balaban J connectivity index is 2.20. The third kappa shape index (κ3) is 2.92. The van der Waals surface area contributed by atoms with E-state index in [1.807, 2.05) is 19.9 Å². The Hall–Kier alpha value is -1.48. The minimum atomic E-state index is -0.0945. The van der Waals surface area contributed by atoms with Crippen molar-refractivity contribution in [3.63, 3.8) is 0 Å². The summed E-state index contributed by atoms with van der Waals surface area (Å²) < 4.78 is 11.2. The monoisotopic (exact) mass is 280 g/mol.